The van der Waals surface area contributed by atoms with Crippen LogP contribution in [-0.2, 0) is 0 Å². The summed E-state index contributed by atoms with van der Waals surface area (Å²) in [5, 5.41) is 13.6. The number of nitrogens with one attached hydrogen (secondary N) is 2. The summed E-state index contributed by atoms with van der Waals surface area (Å²) >= 11 is 6.67. The lowest BCUT2D eigenvalue weighted by Gasteiger charge is -2.15. The van der Waals surface area contributed by atoms with Gasteiger partial charge in [0, 0.05) is 14.3 Å². The lowest BCUT2D eigenvalue weighted by Crippen LogP contribution is -2.31. The van der Waals surface area contributed by atoms with Gasteiger partial charge in [-0.1, -0.05) is 46.3 Å². The van der Waals surface area contributed by atoms with Crippen molar-refractivity contribution in [3.63, 3.8) is 0 Å². The fourth-order valence-electron chi connectivity index (χ4n) is 2.61. The zero-order valence-corrected chi connectivity index (χ0v) is 16.3. The quantitative estimate of drug-likeness (QED) is 0.540. The normalized spacial score (nSPS) is 12.1. The molecule has 2 aromatic carbocycles. The molecule has 3 N–H and O–H groups in total. The molecule has 1 amide bonds. The van der Waals surface area contributed by atoms with E-state index < -0.39 is 11.5 Å². The number of carbonyl (C=O) groups is 1. The van der Waals surface area contributed by atoms with E-state index in [0.717, 1.165) is 5.56 Å². The topological polar surface area (TPSA) is 82.2 Å². The van der Waals surface area contributed by atoms with E-state index in [2.05, 4.69) is 42.2 Å². The number of aromatic amines is 1. The Labute approximate surface area is 160 Å². The second kappa shape index (κ2) is 7.01. The number of aromatic hydroxyl groups is 1. The van der Waals surface area contributed by atoms with Crippen LogP contribution in [0.2, 0.25) is 0 Å². The summed E-state index contributed by atoms with van der Waals surface area (Å²) in [6.07, 6.45) is 0. The summed E-state index contributed by atoms with van der Waals surface area (Å²) in [6, 6.07) is 12.5. The second-order valence-corrected chi connectivity index (χ2v) is 7.36. The molecule has 0 aliphatic heterocycles. The monoisotopic (exact) mass is 464 g/mol. The first-order chi connectivity index (χ1) is 11.9. The molecule has 0 aliphatic rings. The third-order valence-corrected chi connectivity index (χ3v) is 4.97. The van der Waals surface area contributed by atoms with Crippen LogP contribution in [0.1, 0.15) is 28.9 Å². The number of benzene rings is 2. The lowest BCUT2D eigenvalue weighted by molar-refractivity contribution is 0.0936. The van der Waals surface area contributed by atoms with Gasteiger partial charge in [-0.15, -0.1) is 0 Å². The minimum absolute atomic E-state index is 0.305. The number of carbonyl (C=O) groups excluding carboxylic acids is 1. The Morgan fingerprint density at radius 3 is 2.56 bits per heavy atom. The van der Waals surface area contributed by atoms with Crippen LogP contribution < -0.4 is 10.9 Å². The van der Waals surface area contributed by atoms with Crippen molar-refractivity contribution in [2.75, 3.05) is 0 Å². The molecule has 1 heterocycles. The van der Waals surface area contributed by atoms with E-state index in [4.69, 9.17) is 0 Å². The number of pyridine rings is 1. The van der Waals surface area contributed by atoms with Gasteiger partial charge in [-0.05, 0) is 40.5 Å². The van der Waals surface area contributed by atoms with Crippen molar-refractivity contribution in [1.29, 1.82) is 0 Å². The number of hydrogen-bond donors (Lipinski definition) is 3. The van der Waals surface area contributed by atoms with Crippen LogP contribution in [-0.4, -0.2) is 16.0 Å². The van der Waals surface area contributed by atoms with Crippen LogP contribution in [0.15, 0.2) is 56.2 Å². The van der Waals surface area contributed by atoms with Crippen LogP contribution in [0.4, 0.5) is 0 Å². The molecular weight excluding hydrogens is 452 g/mol. The molecule has 128 valence electrons. The molecule has 3 rings (SSSR count). The molecule has 5 nitrogen and oxygen atoms in total. The fraction of sp³-hybridized carbons (Fsp3) is 0.111. The Hall–Kier alpha value is -2.12. The van der Waals surface area contributed by atoms with E-state index >= 15 is 0 Å². The molecule has 0 bridgehead atoms. The highest BCUT2D eigenvalue weighted by atomic mass is 79.9. The number of fused-ring (bicyclic) bond motifs is 1. The molecule has 1 aromatic heterocycles. The van der Waals surface area contributed by atoms with Gasteiger partial charge in [-0.2, -0.15) is 0 Å². The smallest absolute Gasteiger partial charge is 0.265 e. The summed E-state index contributed by atoms with van der Waals surface area (Å²) in [6.45, 7) is 1.81. The van der Waals surface area contributed by atoms with Crippen molar-refractivity contribution in [3.05, 3.63) is 72.9 Å². The molecule has 0 unspecified atom stereocenters. The van der Waals surface area contributed by atoms with Crippen LogP contribution in [0.5, 0.6) is 5.75 Å². The highest BCUT2D eigenvalue weighted by molar-refractivity contribution is 9.11. The summed E-state index contributed by atoms with van der Waals surface area (Å²) in [5.41, 5.74) is 0.377. The first-order valence-corrected chi connectivity index (χ1v) is 9.07. The predicted molar refractivity (Wildman–Crippen MR) is 104 cm³/mol. The second-order valence-electron chi connectivity index (χ2n) is 5.59. The van der Waals surface area contributed by atoms with E-state index in [1.165, 1.54) is 0 Å². The summed E-state index contributed by atoms with van der Waals surface area (Å²) in [7, 11) is 0. The standard InChI is InChI=1S/C18H14Br2N2O3/c1-9(10-5-3-2-4-6-10)21-17(24)14-16(23)12-7-11(19)8-13(20)15(12)22-18(14)25/h2-9H,1H3,(H,21,24)(H2,22,23,25)/t9-/m1/s1. The SMILES string of the molecule is C[C@@H](NC(=O)c1c(O)c2cc(Br)cc(Br)c2[nH]c1=O)c1ccccc1. The molecule has 1 atom stereocenters. The maximum atomic E-state index is 12.6. The van der Waals surface area contributed by atoms with E-state index in [-0.39, 0.29) is 17.4 Å². The molecule has 7 heteroatoms. The highest BCUT2D eigenvalue weighted by Crippen LogP contribution is 2.33. The van der Waals surface area contributed by atoms with Gasteiger partial charge < -0.3 is 15.4 Å². The van der Waals surface area contributed by atoms with Gasteiger partial charge in [0.15, 0.2) is 0 Å². The first-order valence-electron chi connectivity index (χ1n) is 7.48. The molecule has 0 saturated carbocycles. The van der Waals surface area contributed by atoms with Gasteiger partial charge in [-0.3, -0.25) is 9.59 Å². The van der Waals surface area contributed by atoms with Gasteiger partial charge in [-0.25, -0.2) is 0 Å². The largest absolute Gasteiger partial charge is 0.506 e. The van der Waals surface area contributed by atoms with Crippen molar-refractivity contribution in [2.45, 2.75) is 13.0 Å². The molecule has 0 fully saturated rings. The molecule has 3 aromatic rings. The fourth-order valence-corrected chi connectivity index (χ4v) is 3.93. The number of aromatic nitrogens is 1. The van der Waals surface area contributed by atoms with Crippen molar-refractivity contribution < 1.29 is 9.90 Å². The number of H-pyrrole nitrogens is 1. The Bertz CT molecular complexity index is 1020. The van der Waals surface area contributed by atoms with Crippen LogP contribution in [0.25, 0.3) is 10.9 Å². The van der Waals surface area contributed by atoms with E-state index in [1.807, 2.05) is 37.3 Å². The third kappa shape index (κ3) is 3.48. The van der Waals surface area contributed by atoms with E-state index in [9.17, 15) is 14.7 Å². The Kier molecular flexibility index (Phi) is 4.96. The number of rotatable bonds is 3. The van der Waals surface area contributed by atoms with Crippen molar-refractivity contribution in [3.8, 4) is 5.75 Å². The maximum Gasteiger partial charge on any atom is 0.265 e. The van der Waals surface area contributed by atoms with Crippen LogP contribution >= 0.6 is 31.9 Å². The average molecular weight is 466 g/mol. The zero-order chi connectivity index (χ0) is 18.1. The van der Waals surface area contributed by atoms with Gasteiger partial charge in [0.05, 0.1) is 11.6 Å². The summed E-state index contributed by atoms with van der Waals surface area (Å²) < 4.78 is 1.31. The highest BCUT2D eigenvalue weighted by Gasteiger charge is 2.22. The maximum absolute atomic E-state index is 12.6. The predicted octanol–water partition coefficient (Wildman–Crippen LogP) is 4.25. The first kappa shape index (κ1) is 17.7. The van der Waals surface area contributed by atoms with Gasteiger partial charge in [0.1, 0.15) is 11.3 Å². The average Bonchev–Trinajstić information content (AvgIpc) is 2.57. The van der Waals surface area contributed by atoms with Crippen molar-refractivity contribution >= 4 is 48.7 Å². The van der Waals surface area contributed by atoms with Crippen LogP contribution in [0, 0.1) is 0 Å². The Balaban J connectivity index is 2.03. The number of halogens is 2. The molecular formula is C18H14Br2N2O3. The third-order valence-electron chi connectivity index (χ3n) is 3.89. The lowest BCUT2D eigenvalue weighted by atomic mass is 10.1. The van der Waals surface area contributed by atoms with Crippen LogP contribution in [0.3, 0.4) is 0 Å². The summed E-state index contributed by atoms with van der Waals surface area (Å²) in [4.78, 5) is 27.6. The Morgan fingerprint density at radius 1 is 1.20 bits per heavy atom. The molecule has 0 saturated heterocycles. The van der Waals surface area contributed by atoms with E-state index in [0.29, 0.717) is 19.8 Å². The molecule has 0 aliphatic carbocycles. The van der Waals surface area contributed by atoms with Crippen molar-refractivity contribution in [2.24, 2.45) is 0 Å². The number of amides is 1. The van der Waals surface area contributed by atoms with Gasteiger partial charge in [0.2, 0.25) is 0 Å². The molecule has 0 radical (unpaired) electrons. The molecule has 25 heavy (non-hydrogen) atoms. The number of hydrogen-bond acceptors (Lipinski definition) is 3. The van der Waals surface area contributed by atoms with Gasteiger partial charge in [0.25, 0.3) is 11.5 Å². The van der Waals surface area contributed by atoms with E-state index in [1.54, 1.807) is 12.1 Å². The van der Waals surface area contributed by atoms with Crippen molar-refractivity contribution in [1.82, 2.24) is 10.3 Å². The minimum atomic E-state index is -0.647. The Morgan fingerprint density at radius 2 is 1.88 bits per heavy atom. The molecule has 0 spiro atoms. The van der Waals surface area contributed by atoms with Gasteiger partial charge >= 0.3 is 0 Å². The minimum Gasteiger partial charge on any atom is -0.506 e. The summed E-state index contributed by atoms with van der Waals surface area (Å²) in [5.74, 6) is -0.980. The zero-order valence-electron chi connectivity index (χ0n) is 13.1.